The van der Waals surface area contributed by atoms with Gasteiger partial charge >= 0.3 is 6.36 Å². The Kier molecular flexibility index (Phi) is 7.66. The van der Waals surface area contributed by atoms with Gasteiger partial charge in [0, 0.05) is 11.1 Å². The van der Waals surface area contributed by atoms with E-state index in [-0.39, 0.29) is 12.3 Å². The van der Waals surface area contributed by atoms with Gasteiger partial charge in [-0.05, 0) is 56.4 Å². The van der Waals surface area contributed by atoms with Gasteiger partial charge in [-0.3, -0.25) is 4.79 Å². The van der Waals surface area contributed by atoms with Crippen molar-refractivity contribution < 1.29 is 22.7 Å². The van der Waals surface area contributed by atoms with E-state index in [9.17, 15) is 18.0 Å². The molecule has 0 aliphatic heterocycles. The second kappa shape index (κ2) is 9.78. The first-order valence-electron chi connectivity index (χ1n) is 8.89. The SMILES string of the molecule is CC/C(C)=C(\C)Sc1nc(CNC=O)nc(-c2ccc(OC(F)(F)F)cc2)c1C. The van der Waals surface area contributed by atoms with Gasteiger partial charge in [0.05, 0.1) is 12.2 Å². The van der Waals surface area contributed by atoms with Crippen LogP contribution in [0.5, 0.6) is 5.75 Å². The highest BCUT2D eigenvalue weighted by Gasteiger charge is 2.31. The van der Waals surface area contributed by atoms with Crippen LogP contribution in [0, 0.1) is 6.92 Å². The lowest BCUT2D eigenvalue weighted by Gasteiger charge is -2.14. The van der Waals surface area contributed by atoms with Crippen LogP contribution < -0.4 is 10.1 Å². The van der Waals surface area contributed by atoms with Crippen molar-refractivity contribution in [2.75, 3.05) is 0 Å². The molecular weight excluding hydrogens is 403 g/mol. The maximum absolute atomic E-state index is 12.4. The Morgan fingerprint density at radius 3 is 2.41 bits per heavy atom. The predicted octanol–water partition coefficient (Wildman–Crippen LogP) is 5.39. The molecule has 0 aliphatic rings. The van der Waals surface area contributed by atoms with Gasteiger partial charge in [-0.2, -0.15) is 0 Å². The molecule has 5 nitrogen and oxygen atoms in total. The smallest absolute Gasteiger partial charge is 0.406 e. The number of benzene rings is 1. The first-order valence-corrected chi connectivity index (χ1v) is 9.71. The Bertz CT molecular complexity index is 897. The fourth-order valence-electron chi connectivity index (χ4n) is 2.43. The lowest BCUT2D eigenvalue weighted by atomic mass is 10.1. The summed E-state index contributed by atoms with van der Waals surface area (Å²) in [4.78, 5) is 20.8. The second-order valence-electron chi connectivity index (χ2n) is 6.28. The number of amides is 1. The first-order chi connectivity index (χ1) is 13.6. The summed E-state index contributed by atoms with van der Waals surface area (Å²) >= 11 is 1.51. The highest BCUT2D eigenvalue weighted by atomic mass is 32.2. The summed E-state index contributed by atoms with van der Waals surface area (Å²) in [5.74, 6) is 0.112. The Balaban J connectivity index is 2.46. The number of carbonyl (C=O) groups is 1. The average Bonchev–Trinajstić information content (AvgIpc) is 2.67. The summed E-state index contributed by atoms with van der Waals surface area (Å²) in [7, 11) is 0. The summed E-state index contributed by atoms with van der Waals surface area (Å²) in [5.41, 5.74) is 3.25. The van der Waals surface area contributed by atoms with E-state index in [0.717, 1.165) is 21.9 Å². The zero-order valence-corrected chi connectivity index (χ0v) is 17.4. The molecule has 0 saturated carbocycles. The van der Waals surface area contributed by atoms with E-state index in [4.69, 9.17) is 0 Å². The minimum Gasteiger partial charge on any atom is -0.406 e. The Morgan fingerprint density at radius 1 is 1.21 bits per heavy atom. The molecule has 2 aromatic rings. The average molecular weight is 425 g/mol. The van der Waals surface area contributed by atoms with Gasteiger partial charge in [0.25, 0.3) is 0 Å². The maximum Gasteiger partial charge on any atom is 0.573 e. The third kappa shape index (κ3) is 6.49. The number of allylic oxidation sites excluding steroid dienone is 2. The van der Waals surface area contributed by atoms with E-state index in [1.54, 1.807) is 0 Å². The van der Waals surface area contributed by atoms with Crippen LogP contribution in [-0.4, -0.2) is 22.7 Å². The maximum atomic E-state index is 12.4. The van der Waals surface area contributed by atoms with E-state index in [1.165, 1.54) is 41.6 Å². The molecule has 0 aliphatic carbocycles. The van der Waals surface area contributed by atoms with Crippen LogP contribution in [0.1, 0.15) is 38.6 Å². The molecule has 1 N–H and O–H groups in total. The highest BCUT2D eigenvalue weighted by molar-refractivity contribution is 8.03. The van der Waals surface area contributed by atoms with Crippen LogP contribution in [0.25, 0.3) is 11.3 Å². The van der Waals surface area contributed by atoms with Crippen molar-refractivity contribution in [1.29, 1.82) is 0 Å². The largest absolute Gasteiger partial charge is 0.573 e. The van der Waals surface area contributed by atoms with Crippen LogP contribution in [-0.2, 0) is 11.3 Å². The molecule has 1 aromatic heterocycles. The first kappa shape index (κ1) is 22.7. The summed E-state index contributed by atoms with van der Waals surface area (Å²) < 4.78 is 41.1. The van der Waals surface area contributed by atoms with Crippen molar-refractivity contribution in [1.82, 2.24) is 15.3 Å². The van der Waals surface area contributed by atoms with Crippen LogP contribution in [0.3, 0.4) is 0 Å². The van der Waals surface area contributed by atoms with Crippen LogP contribution in [0.15, 0.2) is 39.8 Å². The molecule has 0 radical (unpaired) electrons. The lowest BCUT2D eigenvalue weighted by Crippen LogP contribution is -2.17. The molecular formula is C20H22F3N3O2S. The molecule has 1 heterocycles. The van der Waals surface area contributed by atoms with Gasteiger partial charge in [0.2, 0.25) is 6.41 Å². The molecule has 0 bridgehead atoms. The topological polar surface area (TPSA) is 64.1 Å². The molecule has 0 unspecified atom stereocenters. The normalized spacial score (nSPS) is 12.4. The molecule has 1 aromatic carbocycles. The fourth-order valence-corrected chi connectivity index (χ4v) is 3.44. The number of ether oxygens (including phenoxy) is 1. The number of nitrogens with one attached hydrogen (secondary N) is 1. The number of thioether (sulfide) groups is 1. The summed E-state index contributed by atoms with van der Waals surface area (Å²) in [6, 6.07) is 5.52. The van der Waals surface area contributed by atoms with Crippen LogP contribution in [0.4, 0.5) is 13.2 Å². The van der Waals surface area contributed by atoms with Crippen LogP contribution in [0.2, 0.25) is 0 Å². The molecule has 0 saturated heterocycles. The molecule has 156 valence electrons. The minimum atomic E-state index is -4.75. The van der Waals surface area contributed by atoms with E-state index in [1.807, 2.05) is 20.8 Å². The molecule has 2 rings (SSSR count). The molecule has 29 heavy (non-hydrogen) atoms. The minimum absolute atomic E-state index is 0.148. The van der Waals surface area contributed by atoms with Gasteiger partial charge in [-0.25, -0.2) is 9.97 Å². The molecule has 9 heteroatoms. The lowest BCUT2D eigenvalue weighted by molar-refractivity contribution is -0.274. The van der Waals surface area contributed by atoms with Crippen molar-refractivity contribution in [3.05, 3.63) is 46.1 Å². The Morgan fingerprint density at radius 2 is 1.86 bits per heavy atom. The monoisotopic (exact) mass is 425 g/mol. The zero-order valence-electron chi connectivity index (χ0n) is 16.6. The number of rotatable bonds is 8. The van der Waals surface area contributed by atoms with E-state index in [2.05, 4.69) is 26.9 Å². The number of carbonyl (C=O) groups excluding carboxylic acids is 1. The highest BCUT2D eigenvalue weighted by Crippen LogP contribution is 2.35. The quantitative estimate of drug-likeness (QED) is 0.349. The number of hydrogen-bond donors (Lipinski definition) is 1. The zero-order chi connectivity index (χ0) is 21.6. The van der Waals surface area contributed by atoms with Gasteiger partial charge in [-0.15, -0.1) is 13.2 Å². The van der Waals surface area contributed by atoms with Gasteiger partial charge < -0.3 is 10.1 Å². The van der Waals surface area contributed by atoms with E-state index in [0.29, 0.717) is 23.5 Å². The Hall–Kier alpha value is -2.55. The van der Waals surface area contributed by atoms with Crippen LogP contribution >= 0.6 is 11.8 Å². The van der Waals surface area contributed by atoms with Gasteiger partial charge in [0.1, 0.15) is 16.6 Å². The second-order valence-corrected chi connectivity index (χ2v) is 7.48. The Labute approximate surface area is 171 Å². The van der Waals surface area contributed by atoms with Crippen molar-refractivity contribution in [2.24, 2.45) is 0 Å². The molecule has 0 fully saturated rings. The third-order valence-electron chi connectivity index (χ3n) is 4.23. The van der Waals surface area contributed by atoms with Crippen molar-refractivity contribution in [3.8, 4) is 17.0 Å². The number of nitrogens with zero attached hydrogens (tertiary/aromatic N) is 2. The molecule has 0 spiro atoms. The standard InChI is InChI=1S/C20H22F3N3O2S/c1-5-12(2)14(4)29-19-13(3)18(25-17(26-19)10-24-11-27)15-6-8-16(9-7-15)28-20(21,22)23/h6-9,11H,5,10H2,1-4H3,(H,24,27)/b14-12+. The summed E-state index contributed by atoms with van der Waals surface area (Å²) in [6.45, 7) is 8.14. The van der Waals surface area contributed by atoms with E-state index >= 15 is 0 Å². The van der Waals surface area contributed by atoms with Crippen molar-refractivity contribution in [2.45, 2.75) is 52.0 Å². The molecule has 0 atom stereocenters. The third-order valence-corrected chi connectivity index (χ3v) is 5.48. The summed E-state index contributed by atoms with van der Waals surface area (Å²) in [6.07, 6.45) is -3.27. The van der Waals surface area contributed by atoms with Crippen molar-refractivity contribution in [3.63, 3.8) is 0 Å². The molecule has 1 amide bonds. The van der Waals surface area contributed by atoms with Gasteiger partial charge in [-0.1, -0.05) is 24.3 Å². The number of halogens is 3. The predicted molar refractivity (Wildman–Crippen MR) is 106 cm³/mol. The number of alkyl halides is 3. The van der Waals surface area contributed by atoms with Gasteiger partial charge in [0.15, 0.2) is 0 Å². The van der Waals surface area contributed by atoms with E-state index < -0.39 is 6.36 Å². The fraction of sp³-hybridized carbons (Fsp3) is 0.350. The summed E-state index contributed by atoms with van der Waals surface area (Å²) in [5, 5.41) is 3.28. The van der Waals surface area contributed by atoms with Crippen molar-refractivity contribution >= 4 is 18.2 Å². The number of aromatic nitrogens is 2. The number of hydrogen-bond acceptors (Lipinski definition) is 5.